The number of carbonyl (C=O) groups is 2. The normalized spacial score (nSPS) is 13.1. The molecule has 0 radical (unpaired) electrons. The Kier molecular flexibility index (Phi) is 13.0. The lowest BCUT2D eigenvalue weighted by Crippen LogP contribution is -2.53. The lowest BCUT2D eigenvalue weighted by Gasteiger charge is -2.37. The van der Waals surface area contributed by atoms with E-state index in [0.29, 0.717) is 42.9 Å². The van der Waals surface area contributed by atoms with Gasteiger partial charge < -0.3 is 20.1 Å². The van der Waals surface area contributed by atoms with E-state index in [4.69, 9.17) is 4.74 Å². The summed E-state index contributed by atoms with van der Waals surface area (Å²) in [5.74, 6) is -2.52. The van der Waals surface area contributed by atoms with E-state index in [0.717, 1.165) is 12.1 Å². The lowest BCUT2D eigenvalue weighted by atomic mass is 9.77. The topological polar surface area (TPSA) is 76.7 Å². The van der Waals surface area contributed by atoms with Crippen LogP contribution in [0.25, 0.3) is 0 Å². The Morgan fingerprint density at radius 1 is 0.830 bits per heavy atom. The molecule has 0 saturated carbocycles. The summed E-state index contributed by atoms with van der Waals surface area (Å²) in [6.45, 7) is 0.254. The van der Waals surface area contributed by atoms with E-state index < -0.39 is 48.4 Å². The van der Waals surface area contributed by atoms with E-state index in [1.165, 1.54) is 6.07 Å². The van der Waals surface area contributed by atoms with Crippen LogP contribution in [0.2, 0.25) is 0 Å². The SMILES string of the molecule is CCOC(=O)CCCCCc1cccc([C@@](Cc2ccccc2)(NC(=O)NCC(F)(F)F)c2cc(F)cc(OC(F)(F)C(F)F)c2)c1. The first-order valence-corrected chi connectivity index (χ1v) is 14.7. The van der Waals surface area contributed by atoms with Crippen LogP contribution in [-0.4, -0.2) is 43.9 Å². The van der Waals surface area contributed by atoms with Crippen LogP contribution in [0.15, 0.2) is 72.8 Å². The number of ether oxygens (including phenoxy) is 2. The Morgan fingerprint density at radius 2 is 1.53 bits per heavy atom. The summed E-state index contributed by atoms with van der Waals surface area (Å²) < 4.78 is 117. The van der Waals surface area contributed by atoms with Crippen molar-refractivity contribution in [1.29, 1.82) is 0 Å². The van der Waals surface area contributed by atoms with Gasteiger partial charge in [0.15, 0.2) is 0 Å². The number of nitrogens with one attached hydrogen (secondary N) is 2. The van der Waals surface area contributed by atoms with Crippen molar-refractivity contribution < 1.29 is 54.2 Å². The van der Waals surface area contributed by atoms with Gasteiger partial charge in [0, 0.05) is 18.9 Å². The third-order valence-corrected chi connectivity index (χ3v) is 7.03. The van der Waals surface area contributed by atoms with Crippen LogP contribution in [0.3, 0.4) is 0 Å². The highest BCUT2D eigenvalue weighted by Crippen LogP contribution is 2.38. The molecule has 3 aromatic carbocycles. The molecule has 2 N–H and O–H groups in total. The predicted molar refractivity (Wildman–Crippen MR) is 157 cm³/mol. The molecule has 0 bridgehead atoms. The average molecular weight is 675 g/mol. The van der Waals surface area contributed by atoms with Gasteiger partial charge in [0.2, 0.25) is 0 Å². The second kappa shape index (κ2) is 16.5. The van der Waals surface area contributed by atoms with Crippen molar-refractivity contribution in [1.82, 2.24) is 10.6 Å². The monoisotopic (exact) mass is 674 g/mol. The van der Waals surface area contributed by atoms with Gasteiger partial charge in [-0.05, 0) is 60.6 Å². The van der Waals surface area contributed by atoms with Gasteiger partial charge in [0.1, 0.15) is 18.1 Å². The van der Waals surface area contributed by atoms with Crippen molar-refractivity contribution in [3.05, 3.63) is 101 Å². The van der Waals surface area contributed by atoms with E-state index >= 15 is 4.39 Å². The number of unbranched alkanes of at least 4 members (excludes halogenated alkanes) is 2. The number of hydrogen-bond acceptors (Lipinski definition) is 4. The molecule has 256 valence electrons. The van der Waals surface area contributed by atoms with Crippen molar-refractivity contribution in [3.63, 3.8) is 0 Å². The predicted octanol–water partition coefficient (Wildman–Crippen LogP) is 8.08. The van der Waals surface area contributed by atoms with Crippen LogP contribution in [-0.2, 0) is 27.9 Å². The Morgan fingerprint density at radius 3 is 2.19 bits per heavy atom. The van der Waals surface area contributed by atoms with E-state index in [1.807, 2.05) is 0 Å². The largest absolute Gasteiger partial charge is 0.466 e. The molecule has 6 nitrogen and oxygen atoms in total. The minimum Gasteiger partial charge on any atom is -0.466 e. The minimum atomic E-state index is -5.00. The highest BCUT2D eigenvalue weighted by Gasteiger charge is 2.45. The van der Waals surface area contributed by atoms with Crippen molar-refractivity contribution in [2.24, 2.45) is 0 Å². The van der Waals surface area contributed by atoms with Gasteiger partial charge in [-0.1, -0.05) is 61.0 Å². The molecule has 0 aliphatic rings. The van der Waals surface area contributed by atoms with Crippen LogP contribution in [0.5, 0.6) is 5.75 Å². The minimum absolute atomic E-state index is 0.227. The van der Waals surface area contributed by atoms with Gasteiger partial charge in [-0.25, -0.2) is 9.18 Å². The van der Waals surface area contributed by atoms with E-state index in [1.54, 1.807) is 60.8 Å². The van der Waals surface area contributed by atoms with Crippen molar-refractivity contribution in [2.45, 2.75) is 69.7 Å². The summed E-state index contributed by atoms with van der Waals surface area (Å²) in [4.78, 5) is 24.7. The first kappa shape index (κ1) is 37.1. The van der Waals surface area contributed by atoms with Crippen molar-refractivity contribution in [3.8, 4) is 5.75 Å². The number of amides is 2. The molecule has 1 atom stereocenters. The summed E-state index contributed by atoms with van der Waals surface area (Å²) in [6.07, 6.45) is -11.7. The number of rotatable bonds is 16. The van der Waals surface area contributed by atoms with E-state index in [-0.39, 0.29) is 36.5 Å². The third-order valence-electron chi connectivity index (χ3n) is 7.03. The van der Waals surface area contributed by atoms with Gasteiger partial charge in [0.05, 0.1) is 12.1 Å². The van der Waals surface area contributed by atoms with Crippen LogP contribution in [0.4, 0.5) is 39.9 Å². The number of hydrogen-bond donors (Lipinski definition) is 2. The highest BCUT2D eigenvalue weighted by atomic mass is 19.4. The van der Waals surface area contributed by atoms with Gasteiger partial charge in [-0.3, -0.25) is 4.79 Å². The molecule has 3 aromatic rings. The molecule has 0 saturated heterocycles. The quantitative estimate of drug-likeness (QED) is 0.0916. The summed E-state index contributed by atoms with van der Waals surface area (Å²) in [5.41, 5.74) is -0.778. The zero-order chi connectivity index (χ0) is 34.7. The third kappa shape index (κ3) is 11.4. The Hall–Kier alpha value is -4.36. The van der Waals surface area contributed by atoms with Gasteiger partial charge in [-0.15, -0.1) is 0 Å². The number of urea groups is 1. The van der Waals surface area contributed by atoms with E-state index in [2.05, 4.69) is 10.1 Å². The van der Waals surface area contributed by atoms with Gasteiger partial charge in [-0.2, -0.15) is 30.7 Å². The molecule has 0 heterocycles. The highest BCUT2D eigenvalue weighted by molar-refractivity contribution is 5.76. The van der Waals surface area contributed by atoms with Gasteiger partial charge in [0.25, 0.3) is 0 Å². The zero-order valence-corrected chi connectivity index (χ0v) is 25.3. The van der Waals surface area contributed by atoms with Gasteiger partial charge >= 0.3 is 30.7 Å². The molecule has 3 rings (SSSR count). The number of alkyl halides is 7. The molecular weight excluding hydrogens is 640 g/mol. The fraction of sp³-hybridized carbons (Fsp3) is 0.394. The summed E-state index contributed by atoms with van der Waals surface area (Å²) in [6, 6.07) is 15.5. The number of carbonyl (C=O) groups excluding carboxylic acids is 2. The number of aryl methyl sites for hydroxylation is 1. The van der Waals surface area contributed by atoms with Crippen LogP contribution in [0.1, 0.15) is 54.9 Å². The van der Waals surface area contributed by atoms with Crippen molar-refractivity contribution in [2.75, 3.05) is 13.2 Å². The second-order valence-corrected chi connectivity index (χ2v) is 10.7. The fourth-order valence-corrected chi connectivity index (χ4v) is 4.95. The summed E-state index contributed by atoms with van der Waals surface area (Å²) in [7, 11) is 0. The molecule has 0 unspecified atom stereocenters. The maximum Gasteiger partial charge on any atom is 0.461 e. The second-order valence-electron chi connectivity index (χ2n) is 10.7. The summed E-state index contributed by atoms with van der Waals surface area (Å²) >= 11 is 0. The average Bonchev–Trinajstić information content (AvgIpc) is 2.99. The smallest absolute Gasteiger partial charge is 0.461 e. The maximum atomic E-state index is 15.0. The lowest BCUT2D eigenvalue weighted by molar-refractivity contribution is -0.253. The van der Waals surface area contributed by atoms with Crippen LogP contribution in [0, 0.1) is 5.82 Å². The fourth-order valence-electron chi connectivity index (χ4n) is 4.95. The Balaban J connectivity index is 2.11. The molecule has 47 heavy (non-hydrogen) atoms. The zero-order valence-electron chi connectivity index (χ0n) is 25.3. The molecule has 0 aliphatic carbocycles. The molecule has 0 aliphatic heterocycles. The molecule has 0 fully saturated rings. The standard InChI is InChI=1S/C33H34F8N2O4/c1-2-46-28(44)15-8-4-5-10-22-13-9-14-24(16-22)31(20-23-11-6-3-7-12-23,43-30(45)42-21-32(37,38)39)25-17-26(34)19-27(18-25)47-33(40,41)29(35)36/h3,6-7,9,11-14,16-19,29H,2,4-5,8,10,15,20-21H2,1H3,(H2,42,43,45)/t31-/m1/s1. The number of esters is 1. The van der Waals surface area contributed by atoms with E-state index in [9.17, 15) is 40.3 Å². The molecule has 0 spiro atoms. The van der Waals surface area contributed by atoms with Crippen molar-refractivity contribution >= 4 is 12.0 Å². The van der Waals surface area contributed by atoms with Crippen LogP contribution < -0.4 is 15.4 Å². The molecular formula is C33H34F8N2O4. The number of benzene rings is 3. The summed E-state index contributed by atoms with van der Waals surface area (Å²) in [5, 5.41) is 4.20. The maximum absolute atomic E-state index is 15.0. The number of halogens is 8. The van der Waals surface area contributed by atoms with Crippen LogP contribution >= 0.6 is 0 Å². The Labute approximate surface area is 266 Å². The molecule has 2 amide bonds. The molecule has 14 heteroatoms. The first-order valence-electron chi connectivity index (χ1n) is 14.7. The Bertz CT molecular complexity index is 1470. The first-order chi connectivity index (χ1) is 22.1. The molecule has 0 aromatic heterocycles.